The molecule has 0 heterocycles. The number of nitrogens with zero attached hydrogens (tertiary/aromatic N) is 1. The van der Waals surface area contributed by atoms with Crippen LogP contribution in [0.4, 0.5) is 4.79 Å². The number of carbonyl (C=O) groups is 1. The Morgan fingerprint density at radius 3 is 2.41 bits per heavy atom. The largest absolute Gasteiger partial charge is 0.489 e. The molecule has 2 rings (SSSR count). The number of halogens is 1. The van der Waals surface area contributed by atoms with E-state index in [4.69, 9.17) is 15.7 Å². The maximum absolute atomic E-state index is 11.2. The lowest BCUT2D eigenvalue weighted by atomic mass is 9.49. The molecule has 0 saturated heterocycles. The highest BCUT2D eigenvalue weighted by Gasteiger charge is 2.64. The molecule has 1 aromatic carbocycles. The highest BCUT2D eigenvalue weighted by molar-refractivity contribution is 14.1. The number of urea groups is 1. The van der Waals surface area contributed by atoms with Crippen LogP contribution in [0.25, 0.3) is 0 Å². The molecule has 1 aliphatic rings. The fraction of sp³-hybridized carbons (Fsp3) is 0.500. The van der Waals surface area contributed by atoms with E-state index in [1.807, 2.05) is 12.1 Å². The number of benzene rings is 1. The molecule has 22 heavy (non-hydrogen) atoms. The maximum Gasteiger partial charge on any atom is 0.312 e. The molecular formula is C16H20IN3O2. The van der Waals surface area contributed by atoms with E-state index in [1.165, 1.54) is 0 Å². The van der Waals surface area contributed by atoms with Gasteiger partial charge in [0.05, 0.1) is 5.56 Å². The number of nitrogens with two attached hydrogens (primary N) is 1. The first-order chi connectivity index (χ1) is 10.1. The quantitative estimate of drug-likeness (QED) is 0.747. The van der Waals surface area contributed by atoms with Crippen LogP contribution in [0.5, 0.6) is 5.75 Å². The van der Waals surface area contributed by atoms with Gasteiger partial charge in [-0.05, 0) is 40.8 Å². The Bertz CT molecular complexity index is 633. The third-order valence-corrected chi connectivity index (χ3v) is 5.33. The third kappa shape index (κ3) is 2.74. The molecule has 0 aromatic heterocycles. The third-order valence-electron chi connectivity index (χ3n) is 4.44. The van der Waals surface area contributed by atoms with Gasteiger partial charge in [-0.25, -0.2) is 4.79 Å². The van der Waals surface area contributed by atoms with Gasteiger partial charge in [-0.2, -0.15) is 5.26 Å². The van der Waals surface area contributed by atoms with Crippen LogP contribution in [0.15, 0.2) is 18.2 Å². The number of nitrogens with one attached hydrogen (secondary N) is 1. The molecule has 0 unspecified atom stereocenters. The van der Waals surface area contributed by atoms with Crippen LogP contribution in [0.3, 0.4) is 0 Å². The number of carbonyl (C=O) groups excluding carboxylic acids is 1. The van der Waals surface area contributed by atoms with Crippen molar-refractivity contribution in [2.75, 3.05) is 0 Å². The van der Waals surface area contributed by atoms with Crippen molar-refractivity contribution < 1.29 is 9.53 Å². The smallest absolute Gasteiger partial charge is 0.312 e. The standard InChI is InChI=1S/C16H20IN3O2/c1-15(2)12(20-14(19)21)16(3,4)13(15)22-10-6-5-9(8-18)11(17)7-10/h5-7,12-13H,1-4H3,(H3,19,20,21)/t12-,13-. The number of primary amides is 1. The lowest BCUT2D eigenvalue weighted by molar-refractivity contribution is -0.163. The monoisotopic (exact) mass is 413 g/mol. The van der Waals surface area contributed by atoms with Gasteiger partial charge < -0.3 is 15.8 Å². The number of nitriles is 1. The van der Waals surface area contributed by atoms with Crippen molar-refractivity contribution >= 4 is 28.6 Å². The van der Waals surface area contributed by atoms with Crippen molar-refractivity contribution in [3.05, 3.63) is 27.3 Å². The second-order valence-corrected chi connectivity index (χ2v) is 8.00. The van der Waals surface area contributed by atoms with Gasteiger partial charge in [-0.1, -0.05) is 27.7 Å². The lowest BCUT2D eigenvalue weighted by Gasteiger charge is -2.62. The summed E-state index contributed by atoms with van der Waals surface area (Å²) in [5, 5.41) is 11.8. The first-order valence-electron chi connectivity index (χ1n) is 7.03. The summed E-state index contributed by atoms with van der Waals surface area (Å²) in [6.45, 7) is 8.21. The molecule has 1 saturated carbocycles. The molecule has 0 spiro atoms. The van der Waals surface area contributed by atoms with Gasteiger partial charge in [0.2, 0.25) is 0 Å². The SMILES string of the molecule is CC1(C)[C@H](NC(N)=O)C(C)(C)[C@H]1Oc1ccc(C#N)c(I)c1. The molecule has 0 atom stereocenters. The fourth-order valence-corrected chi connectivity index (χ4v) is 4.35. The number of hydrogen-bond acceptors (Lipinski definition) is 3. The fourth-order valence-electron chi connectivity index (χ4n) is 3.74. The van der Waals surface area contributed by atoms with E-state index in [0.717, 1.165) is 9.32 Å². The van der Waals surface area contributed by atoms with E-state index in [2.05, 4.69) is 61.7 Å². The Labute approximate surface area is 144 Å². The van der Waals surface area contributed by atoms with Crippen LogP contribution in [-0.4, -0.2) is 18.2 Å². The minimum Gasteiger partial charge on any atom is -0.489 e. The molecular weight excluding hydrogens is 393 g/mol. The van der Waals surface area contributed by atoms with Crippen LogP contribution < -0.4 is 15.8 Å². The van der Waals surface area contributed by atoms with Crippen molar-refractivity contribution in [3.63, 3.8) is 0 Å². The minimum absolute atomic E-state index is 0.0556. The van der Waals surface area contributed by atoms with Crippen LogP contribution in [0.2, 0.25) is 0 Å². The van der Waals surface area contributed by atoms with Crippen molar-refractivity contribution in [1.82, 2.24) is 5.32 Å². The summed E-state index contributed by atoms with van der Waals surface area (Å²) in [5.74, 6) is 0.729. The summed E-state index contributed by atoms with van der Waals surface area (Å²) in [6, 6.07) is 7.00. The van der Waals surface area contributed by atoms with Gasteiger partial charge >= 0.3 is 6.03 Å². The predicted molar refractivity (Wildman–Crippen MR) is 92.4 cm³/mol. The highest BCUT2D eigenvalue weighted by Crippen LogP contribution is 2.55. The molecule has 6 heteroatoms. The summed E-state index contributed by atoms with van der Waals surface area (Å²) in [7, 11) is 0. The second kappa shape index (κ2) is 5.61. The van der Waals surface area contributed by atoms with Crippen LogP contribution in [0.1, 0.15) is 33.3 Å². The molecule has 0 aliphatic heterocycles. The van der Waals surface area contributed by atoms with Crippen LogP contribution in [-0.2, 0) is 0 Å². The number of amides is 2. The molecule has 3 N–H and O–H groups in total. The summed E-state index contributed by atoms with van der Waals surface area (Å²) in [5.41, 5.74) is 5.43. The molecule has 1 fully saturated rings. The molecule has 5 nitrogen and oxygen atoms in total. The van der Waals surface area contributed by atoms with E-state index in [9.17, 15) is 4.79 Å². The lowest BCUT2D eigenvalue weighted by Crippen LogP contribution is -2.75. The van der Waals surface area contributed by atoms with Crippen LogP contribution >= 0.6 is 22.6 Å². The minimum atomic E-state index is -0.516. The van der Waals surface area contributed by atoms with Crippen molar-refractivity contribution in [2.45, 2.75) is 39.8 Å². The van der Waals surface area contributed by atoms with Gasteiger partial charge in [0.25, 0.3) is 0 Å². The van der Waals surface area contributed by atoms with Gasteiger partial charge in [0.1, 0.15) is 17.9 Å². The Hall–Kier alpha value is -1.49. The van der Waals surface area contributed by atoms with Crippen molar-refractivity contribution in [3.8, 4) is 11.8 Å². The van der Waals surface area contributed by atoms with Gasteiger partial charge in [-0.3, -0.25) is 0 Å². The second-order valence-electron chi connectivity index (χ2n) is 6.84. The van der Waals surface area contributed by atoms with E-state index >= 15 is 0 Å². The van der Waals surface area contributed by atoms with E-state index in [-0.39, 0.29) is 23.0 Å². The molecule has 0 bridgehead atoms. The van der Waals surface area contributed by atoms with Crippen molar-refractivity contribution in [1.29, 1.82) is 5.26 Å². The zero-order valence-electron chi connectivity index (χ0n) is 13.1. The predicted octanol–water partition coefficient (Wildman–Crippen LogP) is 3.01. The van der Waals surface area contributed by atoms with E-state index in [0.29, 0.717) is 5.56 Å². The first kappa shape index (κ1) is 16.9. The average Bonchev–Trinajstić information content (AvgIpc) is 2.41. The van der Waals surface area contributed by atoms with E-state index < -0.39 is 6.03 Å². The number of ether oxygens (including phenoxy) is 1. The van der Waals surface area contributed by atoms with Gasteiger partial charge in [-0.15, -0.1) is 0 Å². The molecule has 1 aromatic rings. The summed E-state index contributed by atoms with van der Waals surface area (Å²) in [4.78, 5) is 11.2. The summed E-state index contributed by atoms with van der Waals surface area (Å²) >= 11 is 2.12. The van der Waals surface area contributed by atoms with Gasteiger partial charge in [0, 0.05) is 20.4 Å². The summed E-state index contributed by atoms with van der Waals surface area (Å²) in [6.07, 6.45) is -0.0689. The molecule has 0 radical (unpaired) electrons. The maximum atomic E-state index is 11.2. The Balaban J connectivity index is 2.22. The average molecular weight is 413 g/mol. The number of rotatable bonds is 3. The normalized spacial score (nSPS) is 24.7. The summed E-state index contributed by atoms with van der Waals surface area (Å²) < 4.78 is 7.03. The zero-order chi connectivity index (χ0) is 16.7. The first-order valence-corrected chi connectivity index (χ1v) is 8.11. The molecule has 2 amide bonds. The van der Waals surface area contributed by atoms with E-state index in [1.54, 1.807) is 6.07 Å². The highest BCUT2D eigenvalue weighted by atomic mass is 127. The molecule has 1 aliphatic carbocycles. The Kier molecular flexibility index (Phi) is 4.30. The molecule has 118 valence electrons. The van der Waals surface area contributed by atoms with Crippen LogP contribution in [0, 0.1) is 25.7 Å². The zero-order valence-corrected chi connectivity index (χ0v) is 15.3. The Morgan fingerprint density at radius 1 is 1.36 bits per heavy atom. The Morgan fingerprint density at radius 2 is 1.95 bits per heavy atom. The number of hydrogen-bond donors (Lipinski definition) is 2. The topological polar surface area (TPSA) is 88.1 Å². The van der Waals surface area contributed by atoms with Gasteiger partial charge in [0.15, 0.2) is 0 Å². The van der Waals surface area contributed by atoms with Crippen molar-refractivity contribution in [2.24, 2.45) is 16.6 Å².